The van der Waals surface area contributed by atoms with Gasteiger partial charge >= 0.3 is 0 Å². The summed E-state index contributed by atoms with van der Waals surface area (Å²) in [6.45, 7) is 1.99. The summed E-state index contributed by atoms with van der Waals surface area (Å²) in [7, 11) is 0. The highest BCUT2D eigenvalue weighted by Crippen LogP contribution is 2.19. The molecule has 0 spiro atoms. The van der Waals surface area contributed by atoms with Gasteiger partial charge in [0.25, 0.3) is 5.91 Å². The highest BCUT2D eigenvalue weighted by atomic mass is 19.1. The van der Waals surface area contributed by atoms with Crippen molar-refractivity contribution in [3.05, 3.63) is 77.6 Å². The maximum absolute atomic E-state index is 13.7. The second-order valence-corrected chi connectivity index (χ2v) is 5.48. The lowest BCUT2D eigenvalue weighted by Gasteiger charge is -2.10. The molecule has 5 nitrogen and oxygen atoms in total. The van der Waals surface area contributed by atoms with Gasteiger partial charge in [-0.2, -0.15) is 0 Å². The van der Waals surface area contributed by atoms with Crippen LogP contribution in [0.2, 0.25) is 0 Å². The van der Waals surface area contributed by atoms with Gasteiger partial charge in [-0.3, -0.25) is 4.79 Å². The molecule has 0 saturated heterocycles. The fourth-order valence-electron chi connectivity index (χ4n) is 2.39. The standard InChI is InChI=1S/C19H16F2N4O/c1-2-12-5-3-4-6-15(12)23-18(26)17-9-10-22-19(25-17)24-16-8-7-13(20)11-14(16)21/h3-11H,2H2,1H3,(H,23,26)(H,22,24,25). The zero-order valence-electron chi connectivity index (χ0n) is 14.0. The number of aryl methyl sites for hydroxylation is 1. The molecule has 0 aliphatic rings. The molecule has 7 heteroatoms. The third-order valence-corrected chi connectivity index (χ3v) is 3.71. The Balaban J connectivity index is 1.79. The van der Waals surface area contributed by atoms with Gasteiger partial charge in [-0.1, -0.05) is 25.1 Å². The number of nitrogens with zero attached hydrogens (tertiary/aromatic N) is 2. The molecule has 2 N–H and O–H groups in total. The Kier molecular flexibility index (Phi) is 5.17. The van der Waals surface area contributed by atoms with E-state index in [1.54, 1.807) is 0 Å². The summed E-state index contributed by atoms with van der Waals surface area (Å²) in [6, 6.07) is 12.0. The molecule has 26 heavy (non-hydrogen) atoms. The average molecular weight is 354 g/mol. The van der Waals surface area contributed by atoms with Crippen LogP contribution in [-0.2, 0) is 6.42 Å². The van der Waals surface area contributed by atoms with Gasteiger partial charge < -0.3 is 10.6 Å². The van der Waals surface area contributed by atoms with Crippen molar-refractivity contribution in [3.8, 4) is 0 Å². The summed E-state index contributed by atoms with van der Waals surface area (Å²) in [6.07, 6.45) is 2.16. The SMILES string of the molecule is CCc1ccccc1NC(=O)c1ccnc(Nc2ccc(F)cc2F)n1. The molecule has 0 aliphatic carbocycles. The molecule has 1 heterocycles. The van der Waals surface area contributed by atoms with Gasteiger partial charge in [0.15, 0.2) is 0 Å². The van der Waals surface area contributed by atoms with Crippen molar-refractivity contribution >= 4 is 23.2 Å². The molecule has 3 aromatic rings. The van der Waals surface area contributed by atoms with E-state index in [0.717, 1.165) is 24.1 Å². The molecule has 0 unspecified atom stereocenters. The third kappa shape index (κ3) is 4.00. The number of amides is 1. The van der Waals surface area contributed by atoms with Crippen molar-refractivity contribution in [2.24, 2.45) is 0 Å². The minimum atomic E-state index is -0.777. The highest BCUT2D eigenvalue weighted by Gasteiger charge is 2.12. The molecule has 0 aliphatic heterocycles. The largest absolute Gasteiger partial charge is 0.322 e. The lowest BCUT2D eigenvalue weighted by molar-refractivity contribution is 0.102. The molecular formula is C19H16F2N4O. The van der Waals surface area contributed by atoms with Crippen molar-refractivity contribution < 1.29 is 13.6 Å². The number of para-hydroxylation sites is 1. The minimum Gasteiger partial charge on any atom is -0.322 e. The van der Waals surface area contributed by atoms with Gasteiger partial charge in [-0.25, -0.2) is 18.7 Å². The second kappa shape index (κ2) is 7.69. The predicted octanol–water partition coefficient (Wildman–Crippen LogP) is 4.31. The molecule has 0 fully saturated rings. The first-order valence-corrected chi connectivity index (χ1v) is 8.01. The van der Waals surface area contributed by atoms with Crippen molar-refractivity contribution in [2.45, 2.75) is 13.3 Å². The fraction of sp³-hybridized carbons (Fsp3) is 0.105. The number of hydrogen-bond acceptors (Lipinski definition) is 4. The van der Waals surface area contributed by atoms with Crippen LogP contribution in [0, 0.1) is 11.6 Å². The molecule has 1 amide bonds. The maximum Gasteiger partial charge on any atom is 0.274 e. The Bertz CT molecular complexity index is 946. The van der Waals surface area contributed by atoms with E-state index in [1.807, 2.05) is 31.2 Å². The van der Waals surface area contributed by atoms with Gasteiger partial charge in [-0.15, -0.1) is 0 Å². The zero-order valence-corrected chi connectivity index (χ0v) is 14.0. The third-order valence-electron chi connectivity index (χ3n) is 3.71. The van der Waals surface area contributed by atoms with Crippen LogP contribution in [0.25, 0.3) is 0 Å². The number of carbonyl (C=O) groups excluding carboxylic acids is 1. The topological polar surface area (TPSA) is 66.9 Å². The predicted molar refractivity (Wildman–Crippen MR) is 95.4 cm³/mol. The van der Waals surface area contributed by atoms with E-state index < -0.39 is 17.5 Å². The van der Waals surface area contributed by atoms with Gasteiger partial charge in [0.1, 0.15) is 17.3 Å². The Morgan fingerprint density at radius 1 is 1.08 bits per heavy atom. The minimum absolute atomic E-state index is 0.0142. The first-order chi connectivity index (χ1) is 12.6. The number of aromatic nitrogens is 2. The average Bonchev–Trinajstić information content (AvgIpc) is 2.65. The molecule has 1 aromatic heterocycles. The van der Waals surface area contributed by atoms with E-state index in [0.29, 0.717) is 5.69 Å². The normalized spacial score (nSPS) is 10.4. The summed E-state index contributed by atoms with van der Waals surface area (Å²) in [5.74, 6) is -1.83. The number of anilines is 3. The van der Waals surface area contributed by atoms with Crippen molar-refractivity contribution in [1.82, 2.24) is 9.97 Å². The van der Waals surface area contributed by atoms with Crippen LogP contribution < -0.4 is 10.6 Å². The Labute approximate surface area is 149 Å². The Hall–Kier alpha value is -3.35. The number of nitrogens with one attached hydrogen (secondary N) is 2. The molecule has 0 saturated carbocycles. The number of carbonyl (C=O) groups is 1. The number of benzene rings is 2. The number of halogens is 2. The first kappa shape index (κ1) is 17.5. The van der Waals surface area contributed by atoms with E-state index in [4.69, 9.17) is 0 Å². The van der Waals surface area contributed by atoms with Crippen LogP contribution in [0.15, 0.2) is 54.7 Å². The van der Waals surface area contributed by atoms with Gasteiger partial charge in [0.05, 0.1) is 5.69 Å². The highest BCUT2D eigenvalue weighted by molar-refractivity contribution is 6.03. The van der Waals surface area contributed by atoms with E-state index in [9.17, 15) is 13.6 Å². The van der Waals surface area contributed by atoms with Crippen molar-refractivity contribution in [2.75, 3.05) is 10.6 Å². The van der Waals surface area contributed by atoms with Crippen LogP contribution in [0.5, 0.6) is 0 Å². The summed E-state index contributed by atoms with van der Waals surface area (Å²) in [5, 5.41) is 5.44. The van der Waals surface area contributed by atoms with Crippen LogP contribution in [0.3, 0.4) is 0 Å². The van der Waals surface area contributed by atoms with Gasteiger partial charge in [0.2, 0.25) is 5.95 Å². The van der Waals surface area contributed by atoms with E-state index in [1.165, 1.54) is 18.3 Å². The van der Waals surface area contributed by atoms with Gasteiger partial charge in [-0.05, 0) is 36.2 Å². The molecule has 0 atom stereocenters. The first-order valence-electron chi connectivity index (χ1n) is 8.01. The molecule has 0 radical (unpaired) electrons. The molecule has 2 aromatic carbocycles. The lowest BCUT2D eigenvalue weighted by Crippen LogP contribution is -2.15. The number of rotatable bonds is 5. The van der Waals surface area contributed by atoms with Crippen molar-refractivity contribution in [1.29, 1.82) is 0 Å². The summed E-state index contributed by atoms with van der Waals surface area (Å²) >= 11 is 0. The number of hydrogen-bond donors (Lipinski definition) is 2. The zero-order chi connectivity index (χ0) is 18.5. The van der Waals surface area contributed by atoms with E-state index in [-0.39, 0.29) is 17.3 Å². The Morgan fingerprint density at radius 3 is 2.65 bits per heavy atom. The monoisotopic (exact) mass is 354 g/mol. The molecule has 132 valence electrons. The lowest BCUT2D eigenvalue weighted by atomic mass is 10.1. The van der Waals surface area contributed by atoms with E-state index in [2.05, 4.69) is 20.6 Å². The fourth-order valence-corrected chi connectivity index (χ4v) is 2.39. The Morgan fingerprint density at radius 2 is 1.88 bits per heavy atom. The second-order valence-electron chi connectivity index (χ2n) is 5.48. The molecular weight excluding hydrogens is 338 g/mol. The smallest absolute Gasteiger partial charge is 0.274 e. The van der Waals surface area contributed by atoms with E-state index >= 15 is 0 Å². The quantitative estimate of drug-likeness (QED) is 0.716. The van der Waals surface area contributed by atoms with Crippen LogP contribution in [0.4, 0.5) is 26.1 Å². The van der Waals surface area contributed by atoms with Crippen molar-refractivity contribution in [3.63, 3.8) is 0 Å². The molecule has 0 bridgehead atoms. The maximum atomic E-state index is 13.7. The summed E-state index contributed by atoms with van der Waals surface area (Å²) in [5.41, 5.74) is 1.84. The van der Waals surface area contributed by atoms with Crippen LogP contribution >= 0.6 is 0 Å². The summed E-state index contributed by atoms with van der Waals surface area (Å²) in [4.78, 5) is 20.5. The van der Waals surface area contributed by atoms with Crippen LogP contribution in [0.1, 0.15) is 23.0 Å². The summed E-state index contributed by atoms with van der Waals surface area (Å²) < 4.78 is 26.7. The van der Waals surface area contributed by atoms with Gasteiger partial charge in [0, 0.05) is 18.0 Å². The van der Waals surface area contributed by atoms with Crippen LogP contribution in [-0.4, -0.2) is 15.9 Å². The molecule has 3 rings (SSSR count).